The van der Waals surface area contributed by atoms with E-state index in [1.807, 2.05) is 24.3 Å². The Balaban J connectivity index is 2.00. The molecule has 0 bridgehead atoms. The van der Waals surface area contributed by atoms with Crippen LogP contribution < -0.4 is 10.1 Å². The number of rotatable bonds is 6. The van der Waals surface area contributed by atoms with E-state index in [1.54, 1.807) is 6.20 Å². The van der Waals surface area contributed by atoms with E-state index in [1.165, 1.54) is 5.56 Å². The average Bonchev–Trinajstić information content (AvgIpc) is 2.45. The topological polar surface area (TPSA) is 34.1 Å². The molecule has 0 spiro atoms. The molecule has 4 heteroatoms. The van der Waals surface area contributed by atoms with Crippen LogP contribution in [-0.2, 0) is 6.54 Å². The first-order valence-corrected chi connectivity index (χ1v) is 7.15. The minimum Gasteiger partial charge on any atom is -0.490 e. The van der Waals surface area contributed by atoms with E-state index in [4.69, 9.17) is 4.74 Å². The van der Waals surface area contributed by atoms with Gasteiger partial charge in [-0.15, -0.1) is 0 Å². The fourth-order valence-electron chi connectivity index (χ4n) is 1.64. The van der Waals surface area contributed by atoms with Crippen LogP contribution in [0.2, 0.25) is 0 Å². The molecule has 100 valence electrons. The van der Waals surface area contributed by atoms with Crippen LogP contribution in [0.3, 0.4) is 0 Å². The summed E-state index contributed by atoms with van der Waals surface area (Å²) in [4.78, 5) is 4.32. The van der Waals surface area contributed by atoms with Crippen LogP contribution in [0.5, 0.6) is 5.75 Å². The zero-order valence-corrected chi connectivity index (χ0v) is 12.5. The number of nitrogens with zero attached hydrogens (tertiary/aromatic N) is 1. The molecule has 0 aliphatic heterocycles. The van der Waals surface area contributed by atoms with Gasteiger partial charge in [0.05, 0.1) is 6.61 Å². The van der Waals surface area contributed by atoms with E-state index in [9.17, 15) is 0 Å². The molecule has 0 amide bonds. The molecule has 2 aromatic rings. The Morgan fingerprint density at radius 2 is 2.00 bits per heavy atom. The Bertz CT molecular complexity index is 514. The number of pyridine rings is 1. The fraction of sp³-hybridized carbons (Fsp3) is 0.267. The Labute approximate surface area is 122 Å². The summed E-state index contributed by atoms with van der Waals surface area (Å²) in [5, 5.41) is 3.31. The maximum absolute atomic E-state index is 5.66. The summed E-state index contributed by atoms with van der Waals surface area (Å²) in [7, 11) is 0. The molecule has 3 nitrogen and oxygen atoms in total. The van der Waals surface area contributed by atoms with E-state index in [0.717, 1.165) is 29.0 Å². The average molecular weight is 321 g/mol. The standard InChI is InChI=1S/C15H17BrN2O/c1-2-10-19-14-4-3-9-17-15(14)18-11-12-5-7-13(16)8-6-12/h3-9H,2,10-11H2,1H3,(H,17,18). The molecule has 0 saturated heterocycles. The monoisotopic (exact) mass is 320 g/mol. The van der Waals surface area contributed by atoms with Crippen LogP contribution in [-0.4, -0.2) is 11.6 Å². The highest BCUT2D eigenvalue weighted by molar-refractivity contribution is 9.10. The number of halogens is 1. The van der Waals surface area contributed by atoms with Crippen LogP contribution in [0.1, 0.15) is 18.9 Å². The molecular formula is C15H17BrN2O. The van der Waals surface area contributed by atoms with Crippen LogP contribution in [0.15, 0.2) is 47.1 Å². The minimum absolute atomic E-state index is 0.707. The number of ether oxygens (including phenoxy) is 1. The number of nitrogens with one attached hydrogen (secondary N) is 1. The van der Waals surface area contributed by atoms with Crippen molar-refractivity contribution in [1.82, 2.24) is 4.98 Å². The lowest BCUT2D eigenvalue weighted by Crippen LogP contribution is -2.05. The Hall–Kier alpha value is -1.55. The summed E-state index contributed by atoms with van der Waals surface area (Å²) in [5.74, 6) is 1.60. The summed E-state index contributed by atoms with van der Waals surface area (Å²) < 4.78 is 6.75. The Morgan fingerprint density at radius 1 is 1.21 bits per heavy atom. The third kappa shape index (κ3) is 4.24. The van der Waals surface area contributed by atoms with Gasteiger partial charge in [0.25, 0.3) is 0 Å². The summed E-state index contributed by atoms with van der Waals surface area (Å²) in [5.41, 5.74) is 1.20. The lowest BCUT2D eigenvalue weighted by Gasteiger charge is -2.11. The first-order chi connectivity index (χ1) is 9.29. The molecule has 0 fully saturated rings. The largest absolute Gasteiger partial charge is 0.490 e. The molecule has 0 unspecified atom stereocenters. The molecule has 0 atom stereocenters. The zero-order valence-electron chi connectivity index (χ0n) is 10.9. The van der Waals surface area contributed by atoms with Gasteiger partial charge in [0.1, 0.15) is 0 Å². The number of aromatic nitrogens is 1. The van der Waals surface area contributed by atoms with E-state index >= 15 is 0 Å². The van der Waals surface area contributed by atoms with Gasteiger partial charge in [-0.3, -0.25) is 0 Å². The van der Waals surface area contributed by atoms with Gasteiger partial charge in [-0.2, -0.15) is 0 Å². The first kappa shape index (κ1) is 13.9. The van der Waals surface area contributed by atoms with E-state index in [0.29, 0.717) is 6.61 Å². The van der Waals surface area contributed by atoms with Crippen molar-refractivity contribution < 1.29 is 4.74 Å². The fourth-order valence-corrected chi connectivity index (χ4v) is 1.90. The van der Waals surface area contributed by atoms with Crippen molar-refractivity contribution >= 4 is 21.7 Å². The predicted molar refractivity (Wildman–Crippen MR) is 81.5 cm³/mol. The predicted octanol–water partition coefficient (Wildman–Crippen LogP) is 4.25. The summed E-state index contributed by atoms with van der Waals surface area (Å²) in [6.07, 6.45) is 2.75. The lowest BCUT2D eigenvalue weighted by molar-refractivity contribution is 0.318. The number of hydrogen-bond acceptors (Lipinski definition) is 3. The van der Waals surface area contributed by atoms with Crippen molar-refractivity contribution in [3.8, 4) is 5.75 Å². The second kappa shape index (κ2) is 7.14. The third-order valence-electron chi connectivity index (χ3n) is 2.61. The first-order valence-electron chi connectivity index (χ1n) is 6.35. The van der Waals surface area contributed by atoms with Crippen molar-refractivity contribution in [3.05, 3.63) is 52.6 Å². The van der Waals surface area contributed by atoms with Gasteiger partial charge >= 0.3 is 0 Å². The number of anilines is 1. The van der Waals surface area contributed by atoms with Gasteiger partial charge in [0.15, 0.2) is 11.6 Å². The van der Waals surface area contributed by atoms with E-state index < -0.39 is 0 Å². The molecular weight excluding hydrogens is 304 g/mol. The van der Waals surface area contributed by atoms with Crippen LogP contribution in [0.25, 0.3) is 0 Å². The molecule has 1 aromatic heterocycles. The van der Waals surface area contributed by atoms with Crippen molar-refractivity contribution in [2.24, 2.45) is 0 Å². The van der Waals surface area contributed by atoms with Crippen LogP contribution in [0.4, 0.5) is 5.82 Å². The van der Waals surface area contributed by atoms with Gasteiger partial charge in [-0.1, -0.05) is 35.0 Å². The number of hydrogen-bond donors (Lipinski definition) is 1. The molecule has 1 heterocycles. The van der Waals surface area contributed by atoms with Gasteiger partial charge in [-0.25, -0.2) is 4.98 Å². The second-order valence-corrected chi connectivity index (χ2v) is 5.09. The molecule has 0 aliphatic rings. The quantitative estimate of drug-likeness (QED) is 0.864. The zero-order chi connectivity index (χ0) is 13.5. The summed E-state index contributed by atoms with van der Waals surface area (Å²) >= 11 is 3.43. The maximum Gasteiger partial charge on any atom is 0.169 e. The van der Waals surface area contributed by atoms with Crippen LogP contribution >= 0.6 is 15.9 Å². The van der Waals surface area contributed by atoms with Gasteiger partial charge in [-0.05, 0) is 36.2 Å². The molecule has 0 aliphatic carbocycles. The highest BCUT2D eigenvalue weighted by Gasteiger charge is 2.03. The molecule has 0 saturated carbocycles. The van der Waals surface area contributed by atoms with Gasteiger partial charge in [0.2, 0.25) is 0 Å². The lowest BCUT2D eigenvalue weighted by atomic mass is 10.2. The minimum atomic E-state index is 0.707. The van der Waals surface area contributed by atoms with E-state index in [2.05, 4.69) is 45.3 Å². The SMILES string of the molecule is CCCOc1cccnc1NCc1ccc(Br)cc1. The molecule has 19 heavy (non-hydrogen) atoms. The van der Waals surface area contributed by atoms with E-state index in [-0.39, 0.29) is 0 Å². The number of benzene rings is 1. The normalized spacial score (nSPS) is 10.2. The van der Waals surface area contributed by atoms with Crippen molar-refractivity contribution in [1.29, 1.82) is 0 Å². The Morgan fingerprint density at radius 3 is 2.74 bits per heavy atom. The van der Waals surface area contributed by atoms with Crippen LogP contribution in [0, 0.1) is 0 Å². The maximum atomic E-state index is 5.66. The van der Waals surface area contributed by atoms with Crippen molar-refractivity contribution in [2.75, 3.05) is 11.9 Å². The molecule has 0 radical (unpaired) electrons. The Kier molecular flexibility index (Phi) is 5.21. The highest BCUT2D eigenvalue weighted by atomic mass is 79.9. The van der Waals surface area contributed by atoms with Gasteiger partial charge in [0, 0.05) is 17.2 Å². The van der Waals surface area contributed by atoms with Crippen molar-refractivity contribution in [3.63, 3.8) is 0 Å². The molecule has 1 aromatic carbocycles. The highest BCUT2D eigenvalue weighted by Crippen LogP contribution is 2.22. The summed E-state index contributed by atoms with van der Waals surface area (Å²) in [6, 6.07) is 12.0. The molecule has 2 rings (SSSR count). The van der Waals surface area contributed by atoms with Crippen molar-refractivity contribution in [2.45, 2.75) is 19.9 Å². The smallest absolute Gasteiger partial charge is 0.169 e. The second-order valence-electron chi connectivity index (χ2n) is 4.18. The summed E-state index contributed by atoms with van der Waals surface area (Å²) in [6.45, 7) is 3.52. The molecule has 1 N–H and O–H groups in total. The van der Waals surface area contributed by atoms with Gasteiger partial charge < -0.3 is 10.1 Å². The third-order valence-corrected chi connectivity index (χ3v) is 3.13.